The molecule has 420 valence electrons. The average Bonchev–Trinajstić information content (AvgIpc) is 3.40. The zero-order valence-corrected chi connectivity index (χ0v) is 47.6. The molecule has 3 N–H and O–H groups in total. The highest BCUT2D eigenvalue weighted by Crippen LogP contribution is 2.43. The highest BCUT2D eigenvalue weighted by molar-refractivity contribution is 7.47. The summed E-state index contributed by atoms with van der Waals surface area (Å²) in [7, 11) is -4.41. The third kappa shape index (κ3) is 58.5. The van der Waals surface area contributed by atoms with Gasteiger partial charge in [0.05, 0.1) is 13.2 Å². The van der Waals surface area contributed by atoms with Gasteiger partial charge < -0.3 is 20.1 Å². The minimum Gasteiger partial charge on any atom is -0.462 e. The standard InChI is InChI=1S/C65H102NO8P/c1-3-5-7-9-11-13-15-17-19-20-21-22-23-24-25-26-27-28-29-30-31-32-33-34-35-36-37-38-39-40-41-42-44-46-48-50-52-54-56-58-65(68)74-63(62-73-75(69,70)72-60-59-66)61-71-64(67)57-55-53-51-49-47-45-43-18-16-14-12-10-8-6-4-2/h5,7,11-14,17-19,21-22,24-25,27-28,30-31,33-34,36-37,39-40,42-44,48,50,63H,3-4,6,8-10,15-16,20,23,26,29,32,35,38,41,45-47,49,51-62,66H2,1-2H3,(H,69,70)/b7-5-,13-11-,14-12-,19-17-,22-21-,25-24-,28-27-,31-30-,34-33-,37-36-,40-39-,43-18-,44-42-,50-48-. The number of carbonyl (C=O) groups is 2. The molecule has 75 heavy (non-hydrogen) atoms. The summed E-state index contributed by atoms with van der Waals surface area (Å²) in [5.74, 6) is -0.911. The molecule has 9 nitrogen and oxygen atoms in total. The van der Waals surface area contributed by atoms with Crippen LogP contribution in [0.25, 0.3) is 0 Å². The van der Waals surface area contributed by atoms with Crippen molar-refractivity contribution in [2.75, 3.05) is 26.4 Å². The Labute approximate surface area is 457 Å². The van der Waals surface area contributed by atoms with Crippen LogP contribution in [0.1, 0.15) is 194 Å². The molecular weight excluding hydrogens is 954 g/mol. The number of phosphoric acid groups is 1. The fourth-order valence-corrected chi connectivity index (χ4v) is 7.65. The quantitative estimate of drug-likeness (QED) is 0.0264. The van der Waals surface area contributed by atoms with Gasteiger partial charge in [-0.05, 0) is 135 Å². The second-order valence-corrected chi connectivity index (χ2v) is 19.5. The van der Waals surface area contributed by atoms with Crippen LogP contribution in [0.5, 0.6) is 0 Å². The maximum atomic E-state index is 12.7. The highest BCUT2D eigenvalue weighted by Gasteiger charge is 2.26. The number of allylic oxidation sites excluding steroid dienone is 28. The Bertz CT molecular complexity index is 1820. The van der Waals surface area contributed by atoms with Crippen LogP contribution in [0.4, 0.5) is 0 Å². The van der Waals surface area contributed by atoms with E-state index in [1.807, 2.05) is 0 Å². The summed E-state index contributed by atoms with van der Waals surface area (Å²) in [5, 5.41) is 0. The smallest absolute Gasteiger partial charge is 0.462 e. The van der Waals surface area contributed by atoms with Crippen molar-refractivity contribution in [2.24, 2.45) is 5.73 Å². The zero-order valence-electron chi connectivity index (χ0n) is 46.7. The van der Waals surface area contributed by atoms with Crippen molar-refractivity contribution in [3.05, 3.63) is 170 Å². The van der Waals surface area contributed by atoms with Crippen LogP contribution in [0.3, 0.4) is 0 Å². The van der Waals surface area contributed by atoms with Crippen molar-refractivity contribution in [3.63, 3.8) is 0 Å². The Hall–Kier alpha value is -4.63. The van der Waals surface area contributed by atoms with Gasteiger partial charge in [-0.3, -0.25) is 18.6 Å². The molecule has 0 aromatic carbocycles. The lowest BCUT2D eigenvalue weighted by Gasteiger charge is -2.19. The van der Waals surface area contributed by atoms with Crippen LogP contribution < -0.4 is 5.73 Å². The number of hydrogen-bond donors (Lipinski definition) is 2. The molecule has 0 bridgehead atoms. The fourth-order valence-electron chi connectivity index (χ4n) is 6.88. The lowest BCUT2D eigenvalue weighted by Crippen LogP contribution is -2.29. The molecule has 0 aliphatic heterocycles. The zero-order chi connectivity index (χ0) is 54.5. The normalized spacial score (nSPS) is 14.3. The maximum Gasteiger partial charge on any atom is 0.472 e. The van der Waals surface area contributed by atoms with E-state index in [1.165, 1.54) is 25.7 Å². The third-order valence-electron chi connectivity index (χ3n) is 11.1. The summed E-state index contributed by atoms with van der Waals surface area (Å²) in [6, 6.07) is 0. The van der Waals surface area contributed by atoms with Gasteiger partial charge >= 0.3 is 19.8 Å². The summed E-state index contributed by atoms with van der Waals surface area (Å²) in [5.41, 5.74) is 5.36. The second-order valence-electron chi connectivity index (χ2n) is 18.1. The lowest BCUT2D eigenvalue weighted by molar-refractivity contribution is -0.161. The van der Waals surface area contributed by atoms with Crippen molar-refractivity contribution in [3.8, 4) is 0 Å². The first-order valence-electron chi connectivity index (χ1n) is 28.6. The van der Waals surface area contributed by atoms with E-state index in [2.05, 4.69) is 184 Å². The third-order valence-corrected chi connectivity index (χ3v) is 12.1. The van der Waals surface area contributed by atoms with Gasteiger partial charge in [-0.1, -0.05) is 216 Å². The fraction of sp³-hybridized carbons (Fsp3) is 0.538. The first kappa shape index (κ1) is 70.4. The van der Waals surface area contributed by atoms with E-state index in [9.17, 15) is 19.0 Å². The van der Waals surface area contributed by atoms with Gasteiger partial charge in [0.15, 0.2) is 6.10 Å². The van der Waals surface area contributed by atoms with Crippen LogP contribution in [0.15, 0.2) is 170 Å². The SMILES string of the molecule is CC/C=C\C/C=C\C/C=C\C/C=C\C/C=C\C/C=C\C/C=C\C/C=C\C/C=C\C/C=C\C/C=C\C/C=C\CCCCC(=O)OC(COC(=O)CCCCCCC/C=C\C/C=C\CCCCC)COP(=O)(O)OCCN. The number of hydrogen-bond acceptors (Lipinski definition) is 8. The molecule has 0 aliphatic carbocycles. The minimum absolute atomic E-state index is 0.0347. The molecule has 0 spiro atoms. The topological polar surface area (TPSA) is 134 Å². The van der Waals surface area contributed by atoms with E-state index in [-0.39, 0.29) is 32.6 Å². The number of rotatable bonds is 51. The molecule has 0 rings (SSSR count). The molecule has 0 fully saturated rings. The summed E-state index contributed by atoms with van der Waals surface area (Å²) in [4.78, 5) is 35.1. The highest BCUT2D eigenvalue weighted by atomic mass is 31.2. The van der Waals surface area contributed by atoms with Crippen LogP contribution in [-0.4, -0.2) is 49.3 Å². The number of unbranched alkanes of at least 4 members (excludes halogenated alkanes) is 10. The summed E-state index contributed by atoms with van der Waals surface area (Å²) >= 11 is 0. The van der Waals surface area contributed by atoms with E-state index in [4.69, 9.17) is 24.3 Å². The monoisotopic (exact) mass is 1060 g/mol. The number of carbonyl (C=O) groups excluding carboxylic acids is 2. The lowest BCUT2D eigenvalue weighted by atomic mass is 10.1. The molecule has 2 unspecified atom stereocenters. The molecule has 0 aliphatic rings. The summed E-state index contributed by atoms with van der Waals surface area (Å²) in [6.45, 7) is 3.50. The molecule has 0 amide bonds. The van der Waals surface area contributed by atoms with E-state index in [0.717, 1.165) is 128 Å². The predicted octanol–water partition coefficient (Wildman–Crippen LogP) is 18.3. The van der Waals surface area contributed by atoms with Gasteiger partial charge in [-0.25, -0.2) is 4.57 Å². The van der Waals surface area contributed by atoms with E-state index < -0.39 is 32.5 Å². The van der Waals surface area contributed by atoms with Crippen molar-refractivity contribution in [1.29, 1.82) is 0 Å². The Morgan fingerprint density at radius 3 is 1.12 bits per heavy atom. The second kappa shape index (κ2) is 58.6. The summed E-state index contributed by atoms with van der Waals surface area (Å²) < 4.78 is 32.9. The number of nitrogens with two attached hydrogens (primary N) is 1. The van der Waals surface area contributed by atoms with Crippen LogP contribution >= 0.6 is 7.82 Å². The predicted molar refractivity (Wildman–Crippen MR) is 320 cm³/mol. The molecule has 0 aromatic heterocycles. The Kier molecular flexibility index (Phi) is 55.0. The Balaban J connectivity index is 4.13. The molecular formula is C65H102NO8P. The molecule has 10 heteroatoms. The van der Waals surface area contributed by atoms with Gasteiger partial charge in [0, 0.05) is 19.4 Å². The van der Waals surface area contributed by atoms with Crippen LogP contribution in [-0.2, 0) is 32.7 Å². The first-order chi connectivity index (χ1) is 36.8. The largest absolute Gasteiger partial charge is 0.472 e. The number of esters is 2. The van der Waals surface area contributed by atoms with Gasteiger partial charge in [0.1, 0.15) is 6.61 Å². The van der Waals surface area contributed by atoms with E-state index in [1.54, 1.807) is 0 Å². The van der Waals surface area contributed by atoms with Crippen LogP contribution in [0, 0.1) is 0 Å². The van der Waals surface area contributed by atoms with Crippen molar-refractivity contribution < 1.29 is 37.6 Å². The molecule has 0 aromatic rings. The van der Waals surface area contributed by atoms with E-state index >= 15 is 0 Å². The number of ether oxygens (including phenoxy) is 2. The molecule has 0 saturated carbocycles. The van der Waals surface area contributed by atoms with Gasteiger partial charge in [0.25, 0.3) is 0 Å². The molecule has 2 atom stereocenters. The first-order valence-corrected chi connectivity index (χ1v) is 30.1. The van der Waals surface area contributed by atoms with Gasteiger partial charge in [0.2, 0.25) is 0 Å². The molecule has 0 saturated heterocycles. The maximum absolute atomic E-state index is 12.7. The van der Waals surface area contributed by atoms with Crippen molar-refractivity contribution >= 4 is 19.8 Å². The van der Waals surface area contributed by atoms with E-state index in [0.29, 0.717) is 12.8 Å². The Morgan fingerprint density at radius 1 is 0.413 bits per heavy atom. The van der Waals surface area contributed by atoms with Gasteiger partial charge in [-0.2, -0.15) is 0 Å². The van der Waals surface area contributed by atoms with Crippen molar-refractivity contribution in [1.82, 2.24) is 0 Å². The van der Waals surface area contributed by atoms with Crippen molar-refractivity contribution in [2.45, 2.75) is 200 Å². The average molecular weight is 1060 g/mol. The molecule has 0 heterocycles. The summed E-state index contributed by atoms with van der Waals surface area (Å²) in [6.07, 6.45) is 87.0. The number of phosphoric ester groups is 1. The van der Waals surface area contributed by atoms with Gasteiger partial charge in [-0.15, -0.1) is 0 Å². The minimum atomic E-state index is -4.41. The Morgan fingerprint density at radius 2 is 0.733 bits per heavy atom. The molecule has 0 radical (unpaired) electrons. The van der Waals surface area contributed by atoms with Crippen LogP contribution in [0.2, 0.25) is 0 Å².